The van der Waals surface area contributed by atoms with E-state index < -0.39 is 82.1 Å². The number of esters is 3. The molecule has 10 heteroatoms. The number of ketones is 1. The monoisotopic (exact) mass is 550 g/mol. The smallest absolute Gasteiger partial charge is 0.303 e. The van der Waals surface area contributed by atoms with Crippen molar-refractivity contribution in [2.75, 3.05) is 13.7 Å². The van der Waals surface area contributed by atoms with Crippen molar-refractivity contribution in [2.45, 2.75) is 78.2 Å². The molecule has 4 aliphatic rings. The van der Waals surface area contributed by atoms with Crippen molar-refractivity contribution in [3.63, 3.8) is 0 Å². The molecule has 0 aliphatic heterocycles. The zero-order valence-corrected chi connectivity index (χ0v) is 23.4. The number of methoxy groups -OCH3 is 1. The highest BCUT2D eigenvalue weighted by molar-refractivity contribution is 5.93. The molecule has 0 aromatic rings. The number of allylic oxidation sites excluding steroid dienone is 5. The number of hydrogen-bond donors (Lipinski definition) is 0. The number of hydrogen-bond acceptors (Lipinski definition) is 8. The summed E-state index contributed by atoms with van der Waals surface area (Å²) in [5.41, 5.74) is -6.74. The van der Waals surface area contributed by atoms with Crippen LogP contribution in [0.2, 0.25) is 0 Å². The van der Waals surface area contributed by atoms with Crippen LogP contribution < -0.4 is 0 Å². The molecule has 8 nitrogen and oxygen atoms in total. The number of carbonyl (C=O) groups is 4. The molecule has 0 N–H and O–H groups in total. The van der Waals surface area contributed by atoms with Crippen molar-refractivity contribution >= 4 is 23.7 Å². The largest absolute Gasteiger partial charge is 0.497 e. The molecule has 39 heavy (non-hydrogen) atoms. The number of rotatable bonds is 6. The van der Waals surface area contributed by atoms with E-state index in [0.717, 1.165) is 13.8 Å². The van der Waals surface area contributed by atoms with Gasteiger partial charge in [-0.2, -0.15) is 0 Å². The van der Waals surface area contributed by atoms with Gasteiger partial charge in [-0.3, -0.25) is 19.2 Å². The highest BCUT2D eigenvalue weighted by Gasteiger charge is 2.78. The first-order valence-corrected chi connectivity index (χ1v) is 13.1. The molecule has 0 amide bonds. The van der Waals surface area contributed by atoms with Crippen molar-refractivity contribution in [3.05, 3.63) is 35.4 Å². The lowest BCUT2D eigenvalue weighted by Crippen LogP contribution is -2.70. The minimum absolute atomic E-state index is 0.115. The second-order valence-corrected chi connectivity index (χ2v) is 11.7. The van der Waals surface area contributed by atoms with Gasteiger partial charge in [-0.05, 0) is 37.8 Å². The lowest BCUT2D eigenvalue weighted by atomic mass is 9.45. The molecule has 0 spiro atoms. The Morgan fingerprint density at radius 1 is 1.05 bits per heavy atom. The third-order valence-corrected chi connectivity index (χ3v) is 9.66. The lowest BCUT2D eigenvalue weighted by Gasteiger charge is -2.62. The summed E-state index contributed by atoms with van der Waals surface area (Å²) in [7, 11) is 1.43. The summed E-state index contributed by atoms with van der Waals surface area (Å²) in [5.74, 6) is -5.27. The fraction of sp³-hybridized carbons (Fsp3) is 0.655. The first-order valence-electron chi connectivity index (χ1n) is 13.1. The summed E-state index contributed by atoms with van der Waals surface area (Å²) in [6.07, 6.45) is 2.94. The van der Waals surface area contributed by atoms with Crippen molar-refractivity contribution in [1.29, 1.82) is 0 Å². The van der Waals surface area contributed by atoms with Crippen LogP contribution in [0.15, 0.2) is 35.4 Å². The first-order chi connectivity index (χ1) is 18.1. The van der Waals surface area contributed by atoms with Gasteiger partial charge in [0.25, 0.3) is 0 Å². The summed E-state index contributed by atoms with van der Waals surface area (Å²) < 4.78 is 55.7. The number of halogens is 2. The molecular formula is C29H36F2O8. The summed E-state index contributed by atoms with van der Waals surface area (Å²) in [5, 5.41) is 0. The maximum absolute atomic E-state index is 18.0. The summed E-state index contributed by atoms with van der Waals surface area (Å²) >= 11 is 0. The Bertz CT molecular complexity index is 1210. The van der Waals surface area contributed by atoms with Crippen LogP contribution >= 0.6 is 0 Å². The van der Waals surface area contributed by atoms with E-state index in [4.69, 9.17) is 18.9 Å². The number of Topliss-reactive ketones (excluding diaryl/α,β-unsaturated/α-hetero) is 1. The quantitative estimate of drug-likeness (QED) is 0.352. The Morgan fingerprint density at radius 3 is 2.28 bits per heavy atom. The fourth-order valence-electron chi connectivity index (χ4n) is 8.13. The average molecular weight is 551 g/mol. The Kier molecular flexibility index (Phi) is 7.09. The van der Waals surface area contributed by atoms with E-state index in [0.29, 0.717) is 5.76 Å². The van der Waals surface area contributed by atoms with Crippen molar-refractivity contribution < 1.29 is 46.9 Å². The number of fused-ring (bicyclic) bond motifs is 5. The van der Waals surface area contributed by atoms with Crippen molar-refractivity contribution in [3.8, 4) is 0 Å². The van der Waals surface area contributed by atoms with Gasteiger partial charge >= 0.3 is 17.9 Å². The van der Waals surface area contributed by atoms with Gasteiger partial charge in [0.05, 0.1) is 12.5 Å². The van der Waals surface area contributed by atoms with Gasteiger partial charge in [0.2, 0.25) is 5.78 Å². The van der Waals surface area contributed by atoms with E-state index in [1.165, 1.54) is 20.1 Å². The molecule has 4 aliphatic carbocycles. The summed E-state index contributed by atoms with van der Waals surface area (Å²) in [6, 6.07) is 0. The molecule has 2 saturated carbocycles. The predicted molar refractivity (Wildman–Crippen MR) is 134 cm³/mol. The number of alkyl halides is 1. The van der Waals surface area contributed by atoms with Crippen LogP contribution in [0, 0.1) is 28.6 Å². The summed E-state index contributed by atoms with van der Waals surface area (Å²) in [6.45, 7) is 7.83. The molecule has 0 aromatic heterocycles. The molecule has 0 saturated heterocycles. The van der Waals surface area contributed by atoms with Crippen LogP contribution in [0.25, 0.3) is 0 Å². The van der Waals surface area contributed by atoms with Gasteiger partial charge in [0, 0.05) is 50.0 Å². The minimum atomic E-state index is -2.26. The van der Waals surface area contributed by atoms with Crippen LogP contribution in [-0.4, -0.2) is 54.8 Å². The standard InChI is InChI=1S/C29H36F2O8/c1-15-10-20-21-12-23(30)22-11-19(36-7)8-9-26(22,5)28(21,31)25(38-17(3)33)13-27(20,6)29(15,39-18(4)34)24(35)14-37-16(2)32/h8-9,11,15,20-21,25H,10,12-14H2,1-7H3/t15?,20-,21-,25?,26-,27-,28-,29-/m0/s1. The molecular weight excluding hydrogens is 514 g/mol. The fourth-order valence-corrected chi connectivity index (χ4v) is 8.13. The highest BCUT2D eigenvalue weighted by atomic mass is 19.1. The summed E-state index contributed by atoms with van der Waals surface area (Å²) in [4.78, 5) is 50.1. The van der Waals surface area contributed by atoms with Crippen molar-refractivity contribution in [1.82, 2.24) is 0 Å². The maximum Gasteiger partial charge on any atom is 0.303 e. The van der Waals surface area contributed by atoms with Crippen LogP contribution in [-0.2, 0) is 38.1 Å². The molecule has 0 aromatic carbocycles. The SMILES string of the molecule is COC1=CC2=C(F)C[C@H]3[C@@H]4CC(C)[C@](OC(C)=O)(C(=O)COC(C)=O)[C@@]4(C)CC(OC(C)=O)[C@]3(F)[C@@]2(C)C=C1. The molecule has 8 atom stereocenters. The molecule has 214 valence electrons. The molecule has 2 unspecified atom stereocenters. The number of carbonyl (C=O) groups excluding carboxylic acids is 4. The predicted octanol–water partition coefficient (Wildman–Crippen LogP) is 4.48. The van der Waals surface area contributed by atoms with Gasteiger partial charge in [0.15, 0.2) is 17.9 Å². The topological polar surface area (TPSA) is 105 Å². The minimum Gasteiger partial charge on any atom is -0.497 e. The van der Waals surface area contributed by atoms with Gasteiger partial charge in [-0.1, -0.05) is 19.9 Å². The third kappa shape index (κ3) is 3.96. The Balaban J connectivity index is 1.93. The molecule has 4 rings (SSSR count). The Hall–Kier alpha value is -3.04. The van der Waals surface area contributed by atoms with Crippen LogP contribution in [0.1, 0.15) is 60.8 Å². The Labute approximate surface area is 226 Å². The zero-order chi connectivity index (χ0) is 29.1. The van der Waals surface area contributed by atoms with E-state index in [1.54, 1.807) is 32.9 Å². The van der Waals surface area contributed by atoms with E-state index in [9.17, 15) is 19.2 Å². The van der Waals surface area contributed by atoms with E-state index in [-0.39, 0.29) is 24.8 Å². The molecule has 0 heterocycles. The van der Waals surface area contributed by atoms with E-state index >= 15 is 8.78 Å². The average Bonchev–Trinajstić information content (AvgIpc) is 3.05. The van der Waals surface area contributed by atoms with Gasteiger partial charge < -0.3 is 18.9 Å². The molecule has 2 fully saturated rings. The first kappa shape index (κ1) is 29.0. The zero-order valence-electron chi connectivity index (χ0n) is 23.4. The highest BCUT2D eigenvalue weighted by Crippen LogP contribution is 2.72. The maximum atomic E-state index is 18.0. The van der Waals surface area contributed by atoms with Gasteiger partial charge in [-0.15, -0.1) is 0 Å². The number of ether oxygens (including phenoxy) is 4. The van der Waals surface area contributed by atoms with E-state index in [2.05, 4.69) is 0 Å². The van der Waals surface area contributed by atoms with E-state index in [1.807, 2.05) is 0 Å². The third-order valence-electron chi connectivity index (χ3n) is 9.66. The van der Waals surface area contributed by atoms with Crippen LogP contribution in [0.4, 0.5) is 8.78 Å². The van der Waals surface area contributed by atoms with Crippen LogP contribution in [0.5, 0.6) is 0 Å². The molecule has 0 radical (unpaired) electrons. The van der Waals surface area contributed by atoms with Gasteiger partial charge in [0.1, 0.15) is 17.7 Å². The van der Waals surface area contributed by atoms with Gasteiger partial charge in [-0.25, -0.2) is 8.78 Å². The second kappa shape index (κ2) is 9.55. The van der Waals surface area contributed by atoms with Crippen molar-refractivity contribution in [2.24, 2.45) is 28.6 Å². The lowest BCUT2D eigenvalue weighted by molar-refractivity contribution is -0.232. The Morgan fingerprint density at radius 2 is 1.72 bits per heavy atom. The normalized spacial score (nSPS) is 40.5. The van der Waals surface area contributed by atoms with Crippen LogP contribution in [0.3, 0.4) is 0 Å². The molecule has 0 bridgehead atoms. The second-order valence-electron chi connectivity index (χ2n) is 11.7.